The first-order valence-corrected chi connectivity index (χ1v) is 5.55. The minimum atomic E-state index is -0.378. The molecular formula is C13H18ClO. The van der Waals surface area contributed by atoms with E-state index in [0.29, 0.717) is 6.42 Å². The van der Waals surface area contributed by atoms with Crippen molar-refractivity contribution in [2.24, 2.45) is 5.41 Å². The number of hydrogen-bond donors (Lipinski definition) is 1. The smallest absolute Gasteiger partial charge is 0.0594 e. The molecule has 0 saturated heterocycles. The molecule has 1 N–H and O–H groups in total. The minimum absolute atomic E-state index is 0.160. The van der Waals surface area contributed by atoms with Crippen LogP contribution >= 0.6 is 11.6 Å². The highest BCUT2D eigenvalue weighted by Gasteiger charge is 2.26. The molecule has 0 amide bonds. The van der Waals surface area contributed by atoms with Crippen LogP contribution in [0.2, 0.25) is 5.02 Å². The summed E-state index contributed by atoms with van der Waals surface area (Å²) in [7, 11) is 0. The van der Waals surface area contributed by atoms with Crippen LogP contribution in [0, 0.1) is 12.3 Å². The topological polar surface area (TPSA) is 20.2 Å². The Morgan fingerprint density at radius 1 is 1.47 bits per heavy atom. The third-order valence-electron chi connectivity index (χ3n) is 2.72. The maximum absolute atomic E-state index is 9.82. The summed E-state index contributed by atoms with van der Waals surface area (Å²) in [6.45, 7) is 7.83. The Bertz CT molecular complexity index is 320. The van der Waals surface area contributed by atoms with Gasteiger partial charge in [-0.1, -0.05) is 44.5 Å². The molecule has 0 aliphatic carbocycles. The Morgan fingerprint density at radius 2 is 2.13 bits per heavy atom. The van der Waals surface area contributed by atoms with Crippen molar-refractivity contribution in [3.05, 3.63) is 41.8 Å². The average molecular weight is 226 g/mol. The zero-order valence-electron chi connectivity index (χ0n) is 9.33. The van der Waals surface area contributed by atoms with E-state index >= 15 is 0 Å². The van der Waals surface area contributed by atoms with Gasteiger partial charge in [-0.05, 0) is 36.0 Å². The monoisotopic (exact) mass is 225 g/mol. The molecular weight excluding hydrogens is 208 g/mol. The third-order valence-corrected chi connectivity index (χ3v) is 2.96. The van der Waals surface area contributed by atoms with Crippen LogP contribution in [0.5, 0.6) is 0 Å². The lowest BCUT2D eigenvalue weighted by Crippen LogP contribution is -2.30. The van der Waals surface area contributed by atoms with E-state index in [4.69, 9.17) is 11.6 Å². The Balaban J connectivity index is 2.77. The van der Waals surface area contributed by atoms with Crippen LogP contribution in [0.4, 0.5) is 0 Å². The number of hydrogen-bond acceptors (Lipinski definition) is 1. The van der Waals surface area contributed by atoms with E-state index in [1.807, 2.05) is 38.1 Å². The van der Waals surface area contributed by atoms with E-state index in [1.165, 1.54) is 0 Å². The van der Waals surface area contributed by atoms with Gasteiger partial charge in [0, 0.05) is 5.02 Å². The molecule has 2 heteroatoms. The highest BCUT2D eigenvalue weighted by Crippen LogP contribution is 2.28. The molecule has 83 valence electrons. The highest BCUT2D eigenvalue weighted by atomic mass is 35.5. The van der Waals surface area contributed by atoms with Gasteiger partial charge in [0.15, 0.2) is 0 Å². The van der Waals surface area contributed by atoms with E-state index in [0.717, 1.165) is 17.0 Å². The fourth-order valence-electron chi connectivity index (χ4n) is 1.68. The number of halogens is 1. The molecule has 0 heterocycles. The summed E-state index contributed by atoms with van der Waals surface area (Å²) in [5.74, 6) is 0. The zero-order valence-corrected chi connectivity index (χ0v) is 10.1. The highest BCUT2D eigenvalue weighted by molar-refractivity contribution is 6.30. The van der Waals surface area contributed by atoms with Gasteiger partial charge in [0.05, 0.1) is 6.10 Å². The lowest BCUT2D eigenvalue weighted by atomic mass is 9.79. The molecule has 0 bridgehead atoms. The standard InChI is InChI=1S/C13H18ClO/c1-4-12(15)13(2,3)9-10-6-5-7-11(14)8-10/h5-8,12,15H,1,4,9H2,2-3H3. The van der Waals surface area contributed by atoms with Gasteiger partial charge in [0.2, 0.25) is 0 Å². The zero-order chi connectivity index (χ0) is 11.5. The maximum atomic E-state index is 9.82. The van der Waals surface area contributed by atoms with Crippen LogP contribution in [0.1, 0.15) is 25.8 Å². The van der Waals surface area contributed by atoms with Crippen LogP contribution < -0.4 is 0 Å². The quantitative estimate of drug-likeness (QED) is 0.832. The summed E-state index contributed by atoms with van der Waals surface area (Å²) < 4.78 is 0. The molecule has 0 aliphatic rings. The normalized spacial score (nSPS) is 13.9. The van der Waals surface area contributed by atoms with Crippen molar-refractivity contribution in [1.29, 1.82) is 0 Å². The summed E-state index contributed by atoms with van der Waals surface area (Å²) >= 11 is 5.91. The second kappa shape index (κ2) is 5.00. The Kier molecular flexibility index (Phi) is 4.18. The van der Waals surface area contributed by atoms with Crippen molar-refractivity contribution in [3.8, 4) is 0 Å². The van der Waals surface area contributed by atoms with Crippen molar-refractivity contribution in [2.75, 3.05) is 0 Å². The summed E-state index contributed by atoms with van der Waals surface area (Å²) in [4.78, 5) is 0. The maximum Gasteiger partial charge on any atom is 0.0594 e. The molecule has 1 rings (SSSR count). The van der Waals surface area contributed by atoms with Crippen molar-refractivity contribution < 1.29 is 5.11 Å². The second-order valence-electron chi connectivity index (χ2n) is 4.60. The molecule has 1 radical (unpaired) electrons. The predicted molar refractivity (Wildman–Crippen MR) is 64.9 cm³/mol. The molecule has 0 aliphatic heterocycles. The molecule has 0 spiro atoms. The van der Waals surface area contributed by atoms with Gasteiger partial charge >= 0.3 is 0 Å². The van der Waals surface area contributed by atoms with E-state index in [9.17, 15) is 5.11 Å². The van der Waals surface area contributed by atoms with Gasteiger partial charge in [-0.2, -0.15) is 0 Å². The summed E-state index contributed by atoms with van der Waals surface area (Å²) in [6, 6.07) is 7.77. The average Bonchev–Trinajstić information content (AvgIpc) is 2.15. The van der Waals surface area contributed by atoms with Crippen LogP contribution in [0.15, 0.2) is 24.3 Å². The van der Waals surface area contributed by atoms with E-state index in [-0.39, 0.29) is 11.5 Å². The van der Waals surface area contributed by atoms with E-state index in [1.54, 1.807) is 0 Å². The molecule has 1 aromatic rings. The number of aliphatic hydroxyl groups excluding tert-OH is 1. The SMILES string of the molecule is [CH2]CC(O)C(C)(C)Cc1cccc(Cl)c1. The van der Waals surface area contributed by atoms with Crippen LogP contribution in [0.25, 0.3) is 0 Å². The summed E-state index contributed by atoms with van der Waals surface area (Å²) in [5, 5.41) is 10.6. The molecule has 1 atom stereocenters. The lowest BCUT2D eigenvalue weighted by Gasteiger charge is -2.30. The number of rotatable bonds is 4. The molecule has 15 heavy (non-hydrogen) atoms. The Morgan fingerprint density at radius 3 is 2.67 bits per heavy atom. The molecule has 1 unspecified atom stereocenters. The Labute approximate surface area is 97.1 Å². The van der Waals surface area contributed by atoms with Gasteiger partial charge in [0.25, 0.3) is 0 Å². The van der Waals surface area contributed by atoms with Crippen molar-refractivity contribution in [2.45, 2.75) is 32.8 Å². The molecule has 0 saturated carbocycles. The van der Waals surface area contributed by atoms with Crippen molar-refractivity contribution in [1.82, 2.24) is 0 Å². The number of benzene rings is 1. The first-order chi connectivity index (χ1) is 6.95. The minimum Gasteiger partial charge on any atom is -0.393 e. The fraction of sp³-hybridized carbons (Fsp3) is 0.462. The third kappa shape index (κ3) is 3.51. The van der Waals surface area contributed by atoms with Gasteiger partial charge in [-0.15, -0.1) is 0 Å². The van der Waals surface area contributed by atoms with Gasteiger partial charge < -0.3 is 5.11 Å². The fourth-order valence-corrected chi connectivity index (χ4v) is 1.89. The predicted octanol–water partition coefficient (Wildman–Crippen LogP) is 3.49. The summed E-state index contributed by atoms with van der Waals surface area (Å²) in [5.41, 5.74) is 0.992. The van der Waals surface area contributed by atoms with E-state index in [2.05, 4.69) is 6.92 Å². The number of aliphatic hydroxyl groups is 1. The van der Waals surface area contributed by atoms with Crippen LogP contribution in [-0.2, 0) is 6.42 Å². The lowest BCUT2D eigenvalue weighted by molar-refractivity contribution is 0.0524. The molecule has 0 fully saturated rings. The van der Waals surface area contributed by atoms with E-state index < -0.39 is 0 Å². The van der Waals surface area contributed by atoms with Crippen molar-refractivity contribution >= 4 is 11.6 Å². The van der Waals surface area contributed by atoms with Gasteiger partial charge in [-0.3, -0.25) is 0 Å². The Hall–Kier alpha value is -0.530. The van der Waals surface area contributed by atoms with Crippen molar-refractivity contribution in [3.63, 3.8) is 0 Å². The first kappa shape index (κ1) is 12.5. The van der Waals surface area contributed by atoms with Gasteiger partial charge in [-0.25, -0.2) is 0 Å². The van der Waals surface area contributed by atoms with Crippen LogP contribution in [0.3, 0.4) is 0 Å². The first-order valence-electron chi connectivity index (χ1n) is 5.17. The molecule has 0 aromatic heterocycles. The van der Waals surface area contributed by atoms with Crippen LogP contribution in [-0.4, -0.2) is 11.2 Å². The molecule has 1 nitrogen and oxygen atoms in total. The second-order valence-corrected chi connectivity index (χ2v) is 5.04. The summed E-state index contributed by atoms with van der Waals surface area (Å²) in [6.07, 6.45) is 0.967. The largest absolute Gasteiger partial charge is 0.393 e. The molecule has 1 aromatic carbocycles. The van der Waals surface area contributed by atoms with Gasteiger partial charge in [0.1, 0.15) is 0 Å².